The minimum Gasteiger partial charge on any atom is -0.496 e. The third-order valence-electron chi connectivity index (χ3n) is 5.94. The van der Waals surface area contributed by atoms with E-state index in [0.717, 1.165) is 5.56 Å². The normalized spacial score (nSPS) is 29.4. The number of nitrogens with zero attached hydrogens (tertiary/aromatic N) is 2. The van der Waals surface area contributed by atoms with Gasteiger partial charge in [-0.05, 0) is 13.0 Å². The van der Waals surface area contributed by atoms with Gasteiger partial charge in [0.2, 0.25) is 11.8 Å². The first-order valence-electron chi connectivity index (χ1n) is 9.54. The summed E-state index contributed by atoms with van der Waals surface area (Å²) in [6.45, 7) is 2.41. The molecule has 0 unspecified atom stereocenters. The van der Waals surface area contributed by atoms with Crippen LogP contribution in [0.1, 0.15) is 11.3 Å². The van der Waals surface area contributed by atoms with Gasteiger partial charge in [0, 0.05) is 18.2 Å². The Morgan fingerprint density at radius 2 is 2.24 bits per heavy atom. The molecular formula is C21H21N3O5. The van der Waals surface area contributed by atoms with E-state index in [1.54, 1.807) is 25.0 Å². The number of rotatable bonds is 5. The molecule has 8 nitrogen and oxygen atoms in total. The maximum atomic E-state index is 13.2. The second-order valence-electron chi connectivity index (χ2n) is 7.65. The molecule has 3 aliphatic heterocycles. The average Bonchev–Trinajstić information content (AvgIpc) is 3.47. The fourth-order valence-corrected chi connectivity index (χ4v) is 4.62. The van der Waals surface area contributed by atoms with Crippen molar-refractivity contribution in [2.75, 3.05) is 18.6 Å². The van der Waals surface area contributed by atoms with Gasteiger partial charge in [-0.1, -0.05) is 35.5 Å². The van der Waals surface area contributed by atoms with Gasteiger partial charge in [0.1, 0.15) is 17.1 Å². The van der Waals surface area contributed by atoms with Crippen molar-refractivity contribution in [3.05, 3.63) is 53.8 Å². The van der Waals surface area contributed by atoms with Crippen molar-refractivity contribution in [1.29, 1.82) is 0 Å². The number of hydrogen-bond donors (Lipinski definition) is 1. The molecule has 1 aromatic carbocycles. The number of anilines is 1. The lowest BCUT2D eigenvalue weighted by atomic mass is 9.77. The summed E-state index contributed by atoms with van der Waals surface area (Å²) in [5, 5.41) is 6.91. The highest BCUT2D eigenvalue weighted by Gasteiger charge is 2.67. The Bertz CT molecular complexity index is 1020. The predicted octanol–water partition coefficient (Wildman–Crippen LogP) is 1.59. The number of amides is 2. The Labute approximate surface area is 167 Å². The maximum Gasteiger partial charge on any atom is 0.235 e. The molecule has 0 saturated carbocycles. The Morgan fingerprint density at radius 1 is 1.41 bits per heavy atom. The van der Waals surface area contributed by atoms with Crippen molar-refractivity contribution < 1.29 is 23.6 Å². The van der Waals surface area contributed by atoms with E-state index < -0.39 is 23.5 Å². The van der Waals surface area contributed by atoms with Crippen molar-refractivity contribution in [3.8, 4) is 5.75 Å². The summed E-state index contributed by atoms with van der Waals surface area (Å²) < 4.78 is 16.6. The molecule has 5 rings (SSSR count). The van der Waals surface area contributed by atoms with E-state index in [-0.39, 0.29) is 11.8 Å². The molecule has 1 aromatic heterocycles. The zero-order valence-electron chi connectivity index (χ0n) is 16.1. The zero-order valence-corrected chi connectivity index (χ0v) is 16.1. The Morgan fingerprint density at radius 3 is 3.00 bits per heavy atom. The molecule has 0 aliphatic carbocycles. The number of fused-ring (bicyclic) bond motifs is 1. The van der Waals surface area contributed by atoms with Crippen LogP contribution in [-0.4, -0.2) is 42.3 Å². The highest BCUT2D eigenvalue weighted by Crippen LogP contribution is 2.52. The predicted molar refractivity (Wildman–Crippen MR) is 102 cm³/mol. The van der Waals surface area contributed by atoms with Crippen LogP contribution in [0.15, 0.2) is 47.0 Å². The van der Waals surface area contributed by atoms with Crippen LogP contribution >= 0.6 is 0 Å². The molecular weight excluding hydrogens is 374 g/mol. The van der Waals surface area contributed by atoms with Crippen LogP contribution < -0.4 is 15.0 Å². The number of hydrogen-bond acceptors (Lipinski definition) is 6. The van der Waals surface area contributed by atoms with E-state index in [2.05, 4.69) is 10.5 Å². The minimum atomic E-state index is -0.791. The molecule has 1 spiro atoms. The molecule has 0 radical (unpaired) electrons. The third kappa shape index (κ3) is 2.66. The fraction of sp³-hybridized carbons (Fsp3) is 0.381. The number of aryl methyl sites for hydroxylation is 1. The van der Waals surface area contributed by atoms with Gasteiger partial charge < -0.3 is 19.3 Å². The molecule has 150 valence electrons. The van der Waals surface area contributed by atoms with Gasteiger partial charge >= 0.3 is 0 Å². The highest BCUT2D eigenvalue weighted by molar-refractivity contribution is 6.02. The summed E-state index contributed by atoms with van der Waals surface area (Å²) in [6.07, 6.45) is 3.40. The van der Waals surface area contributed by atoms with Crippen molar-refractivity contribution in [1.82, 2.24) is 10.5 Å². The van der Waals surface area contributed by atoms with E-state index >= 15 is 0 Å². The van der Waals surface area contributed by atoms with Crippen LogP contribution in [0, 0.1) is 18.8 Å². The van der Waals surface area contributed by atoms with Crippen LogP contribution in [0.3, 0.4) is 0 Å². The number of carbonyl (C=O) groups is 2. The molecule has 2 bridgehead atoms. The van der Waals surface area contributed by atoms with Gasteiger partial charge in [0.05, 0.1) is 31.6 Å². The number of carbonyl (C=O) groups excluding carboxylic acids is 2. The van der Waals surface area contributed by atoms with E-state index in [1.807, 2.05) is 36.4 Å². The summed E-state index contributed by atoms with van der Waals surface area (Å²) in [4.78, 5) is 27.8. The smallest absolute Gasteiger partial charge is 0.235 e. The summed E-state index contributed by atoms with van der Waals surface area (Å²) in [5.74, 6) is 0.246. The number of para-hydroxylation sites is 1. The molecule has 2 fully saturated rings. The zero-order chi connectivity index (χ0) is 20.2. The van der Waals surface area contributed by atoms with Gasteiger partial charge in [0.15, 0.2) is 5.82 Å². The van der Waals surface area contributed by atoms with E-state index in [9.17, 15) is 9.59 Å². The largest absolute Gasteiger partial charge is 0.496 e. The number of aromatic nitrogens is 1. The SMILES string of the molecule is COc1ccccc1CNC(=O)[C@@H]1[C@@H]2C=C[C@]3(CN(c4cc(C)on4)C(=O)[C@H]13)O2. The minimum absolute atomic E-state index is 0.164. The summed E-state index contributed by atoms with van der Waals surface area (Å²) in [6, 6.07) is 9.22. The lowest BCUT2D eigenvalue weighted by Crippen LogP contribution is -2.44. The monoisotopic (exact) mass is 395 g/mol. The van der Waals surface area contributed by atoms with Gasteiger partial charge in [-0.2, -0.15) is 0 Å². The van der Waals surface area contributed by atoms with Crippen molar-refractivity contribution in [2.45, 2.75) is 25.2 Å². The molecule has 4 heterocycles. The van der Waals surface area contributed by atoms with Gasteiger partial charge in [-0.15, -0.1) is 0 Å². The molecule has 2 aromatic rings. The van der Waals surface area contributed by atoms with Crippen molar-refractivity contribution >= 4 is 17.6 Å². The van der Waals surface area contributed by atoms with Gasteiger partial charge in [-0.3, -0.25) is 14.5 Å². The number of benzene rings is 1. The van der Waals surface area contributed by atoms with Crippen LogP contribution in [0.5, 0.6) is 5.75 Å². The molecule has 8 heteroatoms. The molecule has 4 atom stereocenters. The Kier molecular flexibility index (Phi) is 3.99. The van der Waals surface area contributed by atoms with Crippen molar-refractivity contribution in [2.24, 2.45) is 11.8 Å². The maximum absolute atomic E-state index is 13.2. The van der Waals surface area contributed by atoms with Crippen LogP contribution in [0.4, 0.5) is 5.82 Å². The second kappa shape index (κ2) is 6.45. The number of methoxy groups -OCH3 is 1. The van der Waals surface area contributed by atoms with E-state index in [1.165, 1.54) is 0 Å². The van der Waals surface area contributed by atoms with Crippen LogP contribution in [-0.2, 0) is 20.9 Å². The Balaban J connectivity index is 1.37. The standard InChI is InChI=1S/C21H21N3O5/c1-12-9-16(23-29-12)24-11-21-8-7-15(28-21)17(18(21)20(24)26)19(25)22-10-13-5-3-4-6-14(13)27-2/h3-9,15,17-18H,10-11H2,1-2H3,(H,22,25)/t15-,17+,18-,21+/m0/s1. The number of ether oxygens (including phenoxy) is 2. The first-order chi connectivity index (χ1) is 14.0. The quantitative estimate of drug-likeness (QED) is 0.773. The average molecular weight is 395 g/mol. The van der Waals surface area contributed by atoms with Gasteiger partial charge in [-0.25, -0.2) is 0 Å². The summed E-state index contributed by atoms with van der Waals surface area (Å²) in [7, 11) is 1.59. The summed E-state index contributed by atoms with van der Waals surface area (Å²) >= 11 is 0. The molecule has 1 N–H and O–H groups in total. The van der Waals surface area contributed by atoms with Crippen LogP contribution in [0.25, 0.3) is 0 Å². The van der Waals surface area contributed by atoms with Crippen LogP contribution in [0.2, 0.25) is 0 Å². The summed E-state index contributed by atoms with van der Waals surface area (Å²) in [5.41, 5.74) is 0.0799. The molecule has 2 amide bonds. The topological polar surface area (TPSA) is 93.9 Å². The highest BCUT2D eigenvalue weighted by atomic mass is 16.5. The third-order valence-corrected chi connectivity index (χ3v) is 5.94. The molecule has 3 aliphatic rings. The Hall–Kier alpha value is -3.13. The second-order valence-corrected chi connectivity index (χ2v) is 7.65. The molecule has 29 heavy (non-hydrogen) atoms. The molecule has 2 saturated heterocycles. The lowest BCUT2D eigenvalue weighted by Gasteiger charge is -2.23. The van der Waals surface area contributed by atoms with E-state index in [0.29, 0.717) is 30.4 Å². The van der Waals surface area contributed by atoms with Gasteiger partial charge in [0.25, 0.3) is 0 Å². The number of nitrogens with one attached hydrogen (secondary N) is 1. The fourth-order valence-electron chi connectivity index (χ4n) is 4.62. The van der Waals surface area contributed by atoms with Crippen molar-refractivity contribution in [3.63, 3.8) is 0 Å². The first kappa shape index (κ1) is 17.9. The van der Waals surface area contributed by atoms with E-state index in [4.69, 9.17) is 14.0 Å². The lowest BCUT2D eigenvalue weighted by molar-refractivity contribution is -0.132. The first-order valence-corrected chi connectivity index (χ1v) is 9.54.